The van der Waals surface area contributed by atoms with Gasteiger partial charge in [0.05, 0.1) is 5.92 Å². The number of nitrogens with two attached hydrogens (primary N) is 1. The number of hydrogen-bond donors (Lipinski definition) is 2. The first-order valence-electron chi connectivity index (χ1n) is 7.08. The zero-order chi connectivity index (χ0) is 15.0. The number of halogens is 1. The molecule has 1 fully saturated rings. The summed E-state index contributed by atoms with van der Waals surface area (Å²) in [6.45, 7) is 0. The molecule has 1 saturated carbocycles. The zero-order valence-electron chi connectivity index (χ0n) is 11.5. The minimum atomic E-state index is -0.677. The van der Waals surface area contributed by atoms with Crippen molar-refractivity contribution >= 4 is 33.2 Å². The second-order valence-corrected chi connectivity index (χ2v) is 6.42. The highest BCUT2D eigenvalue weighted by Crippen LogP contribution is 2.37. The van der Waals surface area contributed by atoms with Crippen LogP contribution < -0.4 is 5.73 Å². The molecular formula is C14H17BrN4O2. The van der Waals surface area contributed by atoms with Crippen LogP contribution in [0.15, 0.2) is 16.9 Å². The van der Waals surface area contributed by atoms with E-state index in [9.17, 15) is 9.90 Å². The molecule has 21 heavy (non-hydrogen) atoms. The second kappa shape index (κ2) is 5.63. The maximum atomic E-state index is 11.2. The number of rotatable bonds is 2. The Hall–Kier alpha value is -1.63. The van der Waals surface area contributed by atoms with Crippen molar-refractivity contribution in [2.45, 2.75) is 38.0 Å². The third-order valence-corrected chi connectivity index (χ3v) is 4.90. The van der Waals surface area contributed by atoms with Gasteiger partial charge in [-0.3, -0.25) is 4.79 Å². The molecule has 0 saturated heterocycles. The molecule has 7 heteroatoms. The van der Waals surface area contributed by atoms with Crippen molar-refractivity contribution in [1.82, 2.24) is 14.6 Å². The summed E-state index contributed by atoms with van der Waals surface area (Å²) in [5.41, 5.74) is 7.78. The summed E-state index contributed by atoms with van der Waals surface area (Å²) in [6.07, 6.45) is 5.69. The smallest absolute Gasteiger partial charge is 0.306 e. The molecular weight excluding hydrogens is 336 g/mol. The maximum absolute atomic E-state index is 11.2. The molecule has 112 valence electrons. The van der Waals surface area contributed by atoms with Gasteiger partial charge in [-0.25, -0.2) is 9.50 Å². The lowest BCUT2D eigenvalue weighted by molar-refractivity contribution is -0.142. The van der Waals surface area contributed by atoms with E-state index in [4.69, 9.17) is 5.73 Å². The second-order valence-electron chi connectivity index (χ2n) is 5.56. The van der Waals surface area contributed by atoms with Gasteiger partial charge in [0, 0.05) is 16.1 Å². The largest absolute Gasteiger partial charge is 0.481 e. The Labute approximate surface area is 130 Å². The Bertz CT molecular complexity index is 685. The number of carbonyl (C=O) groups is 1. The summed E-state index contributed by atoms with van der Waals surface area (Å²) in [5.74, 6) is -0.143. The maximum Gasteiger partial charge on any atom is 0.306 e. The van der Waals surface area contributed by atoms with Crippen molar-refractivity contribution in [2.75, 3.05) is 5.73 Å². The van der Waals surface area contributed by atoms with E-state index in [1.165, 1.54) is 6.33 Å². The van der Waals surface area contributed by atoms with E-state index in [-0.39, 0.29) is 5.92 Å². The zero-order valence-corrected chi connectivity index (χ0v) is 13.1. The molecule has 1 aliphatic carbocycles. The number of aromatic nitrogens is 3. The van der Waals surface area contributed by atoms with Crippen LogP contribution in [0.3, 0.4) is 0 Å². The van der Waals surface area contributed by atoms with Crippen molar-refractivity contribution in [3.8, 4) is 0 Å². The van der Waals surface area contributed by atoms with E-state index in [1.54, 1.807) is 0 Å². The highest BCUT2D eigenvalue weighted by atomic mass is 79.9. The number of nitrogens with zero attached hydrogens (tertiary/aromatic N) is 3. The third kappa shape index (κ3) is 2.62. The SMILES string of the molecule is Nc1ncnn2c(C3CCCC(C(=O)O)CC3)cc(Br)c12. The van der Waals surface area contributed by atoms with Gasteiger partial charge in [-0.15, -0.1) is 0 Å². The molecule has 0 aliphatic heterocycles. The summed E-state index contributed by atoms with van der Waals surface area (Å²) in [5, 5.41) is 13.5. The van der Waals surface area contributed by atoms with Crippen LogP contribution in [0.4, 0.5) is 5.82 Å². The number of fused-ring (bicyclic) bond motifs is 1. The van der Waals surface area contributed by atoms with E-state index >= 15 is 0 Å². The predicted molar refractivity (Wildman–Crippen MR) is 82.1 cm³/mol. The van der Waals surface area contributed by atoms with Crippen molar-refractivity contribution < 1.29 is 9.90 Å². The number of anilines is 1. The molecule has 3 N–H and O–H groups in total. The molecule has 2 aromatic rings. The van der Waals surface area contributed by atoms with Gasteiger partial charge < -0.3 is 10.8 Å². The normalized spacial score (nSPS) is 23.1. The third-order valence-electron chi connectivity index (χ3n) is 4.30. The fourth-order valence-electron chi connectivity index (χ4n) is 3.18. The quantitative estimate of drug-likeness (QED) is 0.810. The molecule has 0 aromatic carbocycles. The average molecular weight is 353 g/mol. The van der Waals surface area contributed by atoms with E-state index in [0.29, 0.717) is 18.2 Å². The van der Waals surface area contributed by atoms with Crippen LogP contribution in [0.25, 0.3) is 5.52 Å². The molecule has 3 rings (SSSR count). The lowest BCUT2D eigenvalue weighted by Gasteiger charge is -2.14. The average Bonchev–Trinajstić information content (AvgIpc) is 2.64. The summed E-state index contributed by atoms with van der Waals surface area (Å²) < 4.78 is 2.72. The number of nitrogen functional groups attached to an aromatic ring is 1. The molecule has 1 aliphatic rings. The lowest BCUT2D eigenvalue weighted by atomic mass is 9.95. The van der Waals surface area contributed by atoms with E-state index in [1.807, 2.05) is 10.6 Å². The molecule has 6 nitrogen and oxygen atoms in total. The fraction of sp³-hybridized carbons (Fsp3) is 0.500. The van der Waals surface area contributed by atoms with Crippen molar-refractivity contribution in [1.29, 1.82) is 0 Å². The van der Waals surface area contributed by atoms with E-state index < -0.39 is 5.97 Å². The van der Waals surface area contributed by atoms with Gasteiger partial charge in [0.25, 0.3) is 0 Å². The van der Waals surface area contributed by atoms with Gasteiger partial charge in [-0.05, 0) is 47.7 Å². The van der Waals surface area contributed by atoms with Crippen LogP contribution in [0.1, 0.15) is 43.7 Å². The standard InChI is InChI=1S/C14H17BrN4O2/c15-10-6-11(19-12(10)13(16)17-7-18-19)8-2-1-3-9(5-4-8)14(20)21/h6-9H,1-5H2,(H,20,21)(H2,16,17,18). The summed E-state index contributed by atoms with van der Waals surface area (Å²) in [6, 6.07) is 2.03. The number of carboxylic acids is 1. The number of hydrogen-bond acceptors (Lipinski definition) is 4. The van der Waals surface area contributed by atoms with Crippen molar-refractivity contribution in [2.24, 2.45) is 5.92 Å². The van der Waals surface area contributed by atoms with Crippen LogP contribution in [-0.2, 0) is 4.79 Å². The molecule has 2 unspecified atom stereocenters. The van der Waals surface area contributed by atoms with Gasteiger partial charge in [-0.1, -0.05) is 6.42 Å². The van der Waals surface area contributed by atoms with Gasteiger partial charge in [-0.2, -0.15) is 5.10 Å². The monoisotopic (exact) mass is 352 g/mol. The molecule has 0 bridgehead atoms. The van der Waals surface area contributed by atoms with Gasteiger partial charge in [0.2, 0.25) is 0 Å². The predicted octanol–water partition coefficient (Wildman–Crippen LogP) is 2.82. The minimum absolute atomic E-state index is 0.218. The first kappa shape index (κ1) is 14.3. The van der Waals surface area contributed by atoms with Gasteiger partial charge in [0.1, 0.15) is 11.8 Å². The van der Waals surface area contributed by atoms with Crippen LogP contribution in [0.5, 0.6) is 0 Å². The number of aliphatic carboxylic acids is 1. The van der Waals surface area contributed by atoms with Crippen molar-refractivity contribution in [3.05, 3.63) is 22.6 Å². The van der Waals surface area contributed by atoms with Gasteiger partial charge in [0.15, 0.2) is 5.82 Å². The molecule has 2 atom stereocenters. The molecule has 2 aromatic heterocycles. The number of carboxylic acid groups (broad SMARTS) is 1. The van der Waals surface area contributed by atoms with Gasteiger partial charge >= 0.3 is 5.97 Å². The Morgan fingerprint density at radius 2 is 2.19 bits per heavy atom. The Kier molecular flexibility index (Phi) is 3.84. The lowest BCUT2D eigenvalue weighted by Crippen LogP contribution is -2.12. The Morgan fingerprint density at radius 3 is 2.95 bits per heavy atom. The van der Waals surface area contributed by atoms with Crippen LogP contribution in [0, 0.1) is 5.92 Å². The summed E-state index contributed by atoms with van der Waals surface area (Å²) in [4.78, 5) is 15.2. The topological polar surface area (TPSA) is 93.5 Å². The highest BCUT2D eigenvalue weighted by Gasteiger charge is 2.27. The summed E-state index contributed by atoms with van der Waals surface area (Å²) >= 11 is 3.51. The molecule has 2 heterocycles. The van der Waals surface area contributed by atoms with E-state index in [2.05, 4.69) is 26.0 Å². The van der Waals surface area contributed by atoms with Crippen LogP contribution >= 0.6 is 15.9 Å². The van der Waals surface area contributed by atoms with Crippen molar-refractivity contribution in [3.63, 3.8) is 0 Å². The molecule has 0 spiro atoms. The highest BCUT2D eigenvalue weighted by molar-refractivity contribution is 9.10. The summed E-state index contributed by atoms with van der Waals surface area (Å²) in [7, 11) is 0. The first-order valence-corrected chi connectivity index (χ1v) is 7.87. The molecule has 0 radical (unpaired) electrons. The Balaban J connectivity index is 1.94. The fourth-order valence-corrected chi connectivity index (χ4v) is 3.79. The Morgan fingerprint density at radius 1 is 1.38 bits per heavy atom. The van der Waals surface area contributed by atoms with Crippen LogP contribution in [0.2, 0.25) is 0 Å². The van der Waals surface area contributed by atoms with E-state index in [0.717, 1.165) is 41.4 Å². The first-order chi connectivity index (χ1) is 10.1. The molecule has 0 amide bonds. The van der Waals surface area contributed by atoms with Crippen LogP contribution in [-0.4, -0.2) is 25.7 Å². The minimum Gasteiger partial charge on any atom is -0.481 e.